The second kappa shape index (κ2) is 7.88. The summed E-state index contributed by atoms with van der Waals surface area (Å²) >= 11 is 1.35. The smallest absolute Gasteiger partial charge is 0.244 e. The van der Waals surface area contributed by atoms with Crippen molar-refractivity contribution < 1.29 is 13.6 Å². The van der Waals surface area contributed by atoms with Crippen molar-refractivity contribution in [3.8, 4) is 0 Å². The lowest BCUT2D eigenvalue weighted by atomic mass is 10.1. The van der Waals surface area contributed by atoms with E-state index in [2.05, 4.69) is 11.2 Å². The van der Waals surface area contributed by atoms with Gasteiger partial charge < -0.3 is 4.90 Å². The Kier molecular flexibility index (Phi) is 5.44. The zero-order chi connectivity index (χ0) is 20.6. The predicted molar refractivity (Wildman–Crippen MR) is 112 cm³/mol. The molecule has 1 amide bonds. The van der Waals surface area contributed by atoms with E-state index in [1.165, 1.54) is 22.3 Å². The number of hydrogen-bond donors (Lipinski definition) is 0. The first kappa shape index (κ1) is 20.0. The number of hydrogen-bond acceptors (Lipinski definition) is 4. The maximum Gasteiger partial charge on any atom is 0.244 e. The molecule has 2 aliphatic rings. The molecule has 1 aliphatic carbocycles. The van der Waals surface area contributed by atoms with Crippen LogP contribution in [0.5, 0.6) is 0 Å². The molecule has 1 heterocycles. The van der Waals surface area contributed by atoms with E-state index < -0.39 is 16.5 Å². The van der Waals surface area contributed by atoms with Crippen LogP contribution in [0.4, 0.5) is 8.78 Å². The highest BCUT2D eigenvalue weighted by Crippen LogP contribution is 2.55. The summed E-state index contributed by atoms with van der Waals surface area (Å²) < 4.78 is 28.2. The highest BCUT2D eigenvalue weighted by molar-refractivity contribution is 8.15. The van der Waals surface area contributed by atoms with Gasteiger partial charge >= 0.3 is 0 Å². The van der Waals surface area contributed by atoms with Gasteiger partial charge in [-0.05, 0) is 69.2 Å². The molecule has 7 heteroatoms. The Labute approximate surface area is 173 Å². The van der Waals surface area contributed by atoms with Crippen LogP contribution in [-0.4, -0.2) is 41.5 Å². The first-order valence-electron chi connectivity index (χ1n) is 9.70. The van der Waals surface area contributed by atoms with E-state index in [0.717, 1.165) is 36.7 Å². The predicted octanol–water partition coefficient (Wildman–Crippen LogP) is 4.34. The van der Waals surface area contributed by atoms with Crippen LogP contribution in [0.2, 0.25) is 0 Å². The van der Waals surface area contributed by atoms with Crippen LogP contribution in [0.1, 0.15) is 36.0 Å². The molecular formula is C22H23F2N3OS. The number of nitrogens with zero attached hydrogens (tertiary/aromatic N) is 3. The minimum Gasteiger partial charge on any atom is -0.309 e. The molecule has 1 aliphatic heterocycles. The molecule has 4 rings (SSSR count). The largest absolute Gasteiger partial charge is 0.309 e. The Hall–Kier alpha value is -2.25. The number of benzene rings is 2. The fourth-order valence-corrected chi connectivity index (χ4v) is 5.41. The standard InChI is InChI=1S/C22H23F2N3OS/c1-26(2)13-5-8-20(28)27-22(12-11-15-6-3-4-7-18(15)22)29-21(25-27)17-14-16(23)9-10-19(17)24/h3-4,6-7,9-10,14H,5,8,11-13H2,1-2H3. The molecule has 0 fully saturated rings. The highest BCUT2D eigenvalue weighted by Gasteiger charge is 2.52. The number of aryl methyl sites for hydroxylation is 1. The number of fused-ring (bicyclic) bond motifs is 2. The quantitative estimate of drug-likeness (QED) is 0.729. The molecule has 2 aromatic carbocycles. The van der Waals surface area contributed by atoms with E-state index in [1.807, 2.05) is 37.2 Å². The summed E-state index contributed by atoms with van der Waals surface area (Å²) in [4.78, 5) is 14.5. The summed E-state index contributed by atoms with van der Waals surface area (Å²) in [6.45, 7) is 0.797. The van der Waals surface area contributed by atoms with Gasteiger partial charge in [-0.2, -0.15) is 5.10 Å². The van der Waals surface area contributed by atoms with Gasteiger partial charge in [0.05, 0.1) is 0 Å². The maximum atomic E-state index is 14.4. The SMILES string of the molecule is CN(C)CCCC(=O)N1N=C(c2cc(F)ccc2F)SC12CCc1ccccc12. The number of carbonyl (C=O) groups is 1. The first-order valence-corrected chi connectivity index (χ1v) is 10.5. The van der Waals surface area contributed by atoms with Gasteiger partial charge in [0.15, 0.2) is 0 Å². The lowest BCUT2D eigenvalue weighted by Crippen LogP contribution is -2.40. The Morgan fingerprint density at radius 3 is 2.83 bits per heavy atom. The van der Waals surface area contributed by atoms with Crippen LogP contribution in [-0.2, 0) is 16.1 Å². The van der Waals surface area contributed by atoms with Gasteiger partial charge in [-0.25, -0.2) is 13.8 Å². The summed E-state index contributed by atoms with van der Waals surface area (Å²) in [5, 5.41) is 6.41. The third-order valence-corrected chi connectivity index (χ3v) is 6.79. The van der Waals surface area contributed by atoms with E-state index in [1.54, 1.807) is 0 Å². The fourth-order valence-electron chi connectivity index (χ4n) is 3.96. The minimum absolute atomic E-state index is 0.0946. The van der Waals surface area contributed by atoms with Crippen molar-refractivity contribution in [2.45, 2.75) is 30.6 Å². The molecule has 1 unspecified atom stereocenters. The monoisotopic (exact) mass is 415 g/mol. The number of hydrazone groups is 1. The van der Waals surface area contributed by atoms with Crippen LogP contribution in [0.25, 0.3) is 0 Å². The molecule has 29 heavy (non-hydrogen) atoms. The van der Waals surface area contributed by atoms with E-state index in [9.17, 15) is 13.6 Å². The average Bonchev–Trinajstić information content (AvgIpc) is 3.26. The second-order valence-electron chi connectivity index (χ2n) is 7.69. The maximum absolute atomic E-state index is 14.4. The van der Waals surface area contributed by atoms with Crippen molar-refractivity contribution in [3.63, 3.8) is 0 Å². The van der Waals surface area contributed by atoms with E-state index in [0.29, 0.717) is 24.3 Å². The molecule has 2 aromatic rings. The summed E-state index contributed by atoms with van der Waals surface area (Å²) in [7, 11) is 3.93. The topological polar surface area (TPSA) is 35.9 Å². The Morgan fingerprint density at radius 1 is 1.24 bits per heavy atom. The van der Waals surface area contributed by atoms with Gasteiger partial charge in [-0.1, -0.05) is 36.0 Å². The molecule has 0 aromatic heterocycles. The van der Waals surface area contributed by atoms with Crippen molar-refractivity contribution >= 4 is 22.7 Å². The van der Waals surface area contributed by atoms with Crippen molar-refractivity contribution in [2.24, 2.45) is 5.10 Å². The number of halogens is 2. The molecule has 0 saturated heterocycles. The molecule has 0 N–H and O–H groups in total. The average molecular weight is 416 g/mol. The molecule has 4 nitrogen and oxygen atoms in total. The lowest BCUT2D eigenvalue weighted by molar-refractivity contribution is -0.134. The van der Waals surface area contributed by atoms with Crippen LogP contribution in [0.3, 0.4) is 0 Å². The first-order chi connectivity index (χ1) is 13.9. The van der Waals surface area contributed by atoms with Crippen molar-refractivity contribution in [3.05, 3.63) is 70.8 Å². The van der Waals surface area contributed by atoms with Crippen LogP contribution in [0, 0.1) is 11.6 Å². The summed E-state index contributed by atoms with van der Waals surface area (Å²) in [5.74, 6) is -1.16. The van der Waals surface area contributed by atoms with Gasteiger partial charge in [0.25, 0.3) is 0 Å². The van der Waals surface area contributed by atoms with Crippen molar-refractivity contribution in [1.82, 2.24) is 9.91 Å². The van der Waals surface area contributed by atoms with Crippen molar-refractivity contribution in [1.29, 1.82) is 0 Å². The Bertz CT molecular complexity index is 978. The van der Waals surface area contributed by atoms with Crippen molar-refractivity contribution in [2.75, 3.05) is 20.6 Å². The number of thioether (sulfide) groups is 1. The van der Waals surface area contributed by atoms with Gasteiger partial charge in [0.1, 0.15) is 21.5 Å². The Balaban J connectivity index is 1.72. The minimum atomic E-state index is -0.695. The molecular weight excluding hydrogens is 392 g/mol. The summed E-state index contributed by atoms with van der Waals surface area (Å²) in [5.41, 5.74) is 2.30. The molecule has 0 radical (unpaired) electrons. The molecule has 0 saturated carbocycles. The fraction of sp³-hybridized carbons (Fsp3) is 0.364. The molecule has 152 valence electrons. The normalized spacial score (nSPS) is 20.4. The zero-order valence-corrected chi connectivity index (χ0v) is 17.3. The molecule has 0 bridgehead atoms. The Morgan fingerprint density at radius 2 is 2.03 bits per heavy atom. The third-order valence-electron chi connectivity index (χ3n) is 5.36. The number of carbonyl (C=O) groups excluding carboxylic acids is 1. The van der Waals surface area contributed by atoms with Crippen LogP contribution in [0.15, 0.2) is 47.6 Å². The van der Waals surface area contributed by atoms with Gasteiger partial charge in [-0.15, -0.1) is 0 Å². The molecule has 1 spiro atoms. The van der Waals surface area contributed by atoms with Crippen LogP contribution < -0.4 is 0 Å². The highest BCUT2D eigenvalue weighted by atomic mass is 32.2. The van der Waals surface area contributed by atoms with Crippen LogP contribution >= 0.6 is 11.8 Å². The van der Waals surface area contributed by atoms with E-state index >= 15 is 0 Å². The molecule has 1 atom stereocenters. The van der Waals surface area contributed by atoms with Gasteiger partial charge in [0, 0.05) is 12.0 Å². The number of rotatable bonds is 5. The van der Waals surface area contributed by atoms with E-state index in [-0.39, 0.29) is 11.5 Å². The van der Waals surface area contributed by atoms with E-state index in [4.69, 9.17) is 0 Å². The third kappa shape index (κ3) is 3.69. The van der Waals surface area contributed by atoms with Gasteiger partial charge in [-0.3, -0.25) is 4.79 Å². The summed E-state index contributed by atoms with van der Waals surface area (Å²) in [6, 6.07) is 11.3. The number of amides is 1. The van der Waals surface area contributed by atoms with Gasteiger partial charge in [0.2, 0.25) is 5.91 Å². The summed E-state index contributed by atoms with van der Waals surface area (Å²) in [6.07, 6.45) is 2.58. The zero-order valence-electron chi connectivity index (χ0n) is 16.5. The second-order valence-corrected chi connectivity index (χ2v) is 8.95. The lowest BCUT2D eigenvalue weighted by Gasteiger charge is -2.32.